The Kier molecular flexibility index (Phi) is 7.06. The molecule has 0 aromatic heterocycles. The second kappa shape index (κ2) is 9.61. The molecule has 0 aliphatic carbocycles. The van der Waals surface area contributed by atoms with Gasteiger partial charge >= 0.3 is 0 Å². The number of carbonyl (C=O) groups excluding carboxylic acids is 1. The van der Waals surface area contributed by atoms with Crippen LogP contribution < -0.4 is 19.9 Å². The largest absolute Gasteiger partial charge is 0.495 e. The summed E-state index contributed by atoms with van der Waals surface area (Å²) in [6.07, 6.45) is 0. The first-order valence-electron chi connectivity index (χ1n) is 9.68. The Morgan fingerprint density at radius 1 is 0.970 bits per heavy atom. The Labute approximate surface area is 192 Å². The molecule has 0 saturated heterocycles. The second-order valence-corrected chi connectivity index (χ2v) is 10.4. The predicted molar refractivity (Wildman–Crippen MR) is 124 cm³/mol. The van der Waals surface area contributed by atoms with Gasteiger partial charge in [-0.25, -0.2) is 22.0 Å². The Hall–Kier alpha value is -3.41. The maximum Gasteiger partial charge on any atom is 0.262 e. The summed E-state index contributed by atoms with van der Waals surface area (Å²) in [4.78, 5) is 12.6. The number of amides is 1. The van der Waals surface area contributed by atoms with Gasteiger partial charge in [-0.3, -0.25) is 9.52 Å². The predicted octanol–water partition coefficient (Wildman–Crippen LogP) is 2.38. The van der Waals surface area contributed by atoms with E-state index in [0.717, 1.165) is 0 Å². The average Bonchev–Trinajstić information content (AvgIpc) is 2.77. The van der Waals surface area contributed by atoms with Crippen LogP contribution in [0.15, 0.2) is 76.5 Å². The van der Waals surface area contributed by atoms with Crippen LogP contribution >= 0.6 is 0 Å². The van der Waals surface area contributed by atoms with Crippen LogP contribution in [0.25, 0.3) is 0 Å². The van der Waals surface area contributed by atoms with Crippen molar-refractivity contribution >= 4 is 31.6 Å². The summed E-state index contributed by atoms with van der Waals surface area (Å²) in [5, 5.41) is 7.76. The zero-order valence-corrected chi connectivity index (χ0v) is 19.5. The number of rotatable bonds is 8. The van der Waals surface area contributed by atoms with Crippen molar-refractivity contribution in [2.45, 2.75) is 23.3 Å². The second-order valence-electron chi connectivity index (χ2n) is 7.16. The van der Waals surface area contributed by atoms with Gasteiger partial charge in [0.05, 0.1) is 22.6 Å². The number of anilines is 1. The van der Waals surface area contributed by atoms with Gasteiger partial charge in [0, 0.05) is 12.1 Å². The topological polar surface area (TPSA) is 145 Å². The van der Waals surface area contributed by atoms with Gasteiger partial charge in [-0.05, 0) is 54.4 Å². The smallest absolute Gasteiger partial charge is 0.262 e. The lowest BCUT2D eigenvalue weighted by Crippen LogP contribution is -2.24. The van der Waals surface area contributed by atoms with Gasteiger partial charge in [-0.2, -0.15) is 0 Å². The van der Waals surface area contributed by atoms with Crippen LogP contribution in [0.1, 0.15) is 21.5 Å². The molecule has 0 heterocycles. The van der Waals surface area contributed by atoms with E-state index in [0.29, 0.717) is 16.9 Å². The number of aryl methyl sites for hydroxylation is 1. The number of nitrogens with one attached hydrogen (secondary N) is 2. The number of hydrogen-bond acceptors (Lipinski definition) is 6. The Morgan fingerprint density at radius 3 is 2.27 bits per heavy atom. The molecule has 3 rings (SSSR count). The number of sulfonamides is 2. The summed E-state index contributed by atoms with van der Waals surface area (Å²) in [5.41, 5.74) is 1.54. The molecule has 4 N–H and O–H groups in total. The Bertz CT molecular complexity index is 1390. The first kappa shape index (κ1) is 24.2. The molecule has 0 radical (unpaired) electrons. The summed E-state index contributed by atoms with van der Waals surface area (Å²) in [6, 6.07) is 16.7. The van der Waals surface area contributed by atoms with Crippen molar-refractivity contribution in [1.29, 1.82) is 0 Å². The van der Waals surface area contributed by atoms with E-state index in [1.54, 1.807) is 37.3 Å². The van der Waals surface area contributed by atoms with E-state index in [9.17, 15) is 21.6 Å². The van der Waals surface area contributed by atoms with E-state index in [1.165, 1.54) is 43.5 Å². The molecule has 0 bridgehead atoms. The Morgan fingerprint density at radius 2 is 1.64 bits per heavy atom. The van der Waals surface area contributed by atoms with Crippen LogP contribution in [0.3, 0.4) is 0 Å². The van der Waals surface area contributed by atoms with Crippen LogP contribution in [-0.2, 0) is 26.6 Å². The van der Waals surface area contributed by atoms with Gasteiger partial charge < -0.3 is 10.1 Å². The summed E-state index contributed by atoms with van der Waals surface area (Å²) >= 11 is 0. The van der Waals surface area contributed by atoms with Gasteiger partial charge in [0.1, 0.15) is 5.75 Å². The molecule has 3 aromatic rings. The van der Waals surface area contributed by atoms with Crippen molar-refractivity contribution in [2.75, 3.05) is 11.8 Å². The van der Waals surface area contributed by atoms with Crippen molar-refractivity contribution in [3.63, 3.8) is 0 Å². The number of benzene rings is 3. The highest BCUT2D eigenvalue weighted by molar-refractivity contribution is 7.92. The zero-order chi connectivity index (χ0) is 24.2. The third-order valence-corrected chi connectivity index (χ3v) is 7.23. The minimum atomic E-state index is -4.00. The van der Waals surface area contributed by atoms with E-state index < -0.39 is 26.0 Å². The van der Waals surface area contributed by atoms with Gasteiger partial charge in [-0.1, -0.05) is 30.3 Å². The Balaban J connectivity index is 1.78. The lowest BCUT2D eigenvalue weighted by Gasteiger charge is -2.14. The molecule has 11 heteroatoms. The van der Waals surface area contributed by atoms with Crippen molar-refractivity contribution in [3.05, 3.63) is 83.4 Å². The van der Waals surface area contributed by atoms with Crippen LogP contribution in [-0.4, -0.2) is 29.9 Å². The molecule has 0 spiro atoms. The highest BCUT2D eigenvalue weighted by Gasteiger charge is 2.21. The quantitative estimate of drug-likeness (QED) is 0.443. The van der Waals surface area contributed by atoms with Gasteiger partial charge in [0.25, 0.3) is 15.9 Å². The highest BCUT2D eigenvalue weighted by Crippen LogP contribution is 2.27. The summed E-state index contributed by atoms with van der Waals surface area (Å²) < 4.78 is 56.3. The number of ether oxygens (including phenoxy) is 1. The number of hydrogen-bond donors (Lipinski definition) is 3. The van der Waals surface area contributed by atoms with E-state index in [4.69, 9.17) is 9.88 Å². The van der Waals surface area contributed by atoms with Crippen LogP contribution in [0.5, 0.6) is 5.75 Å². The highest BCUT2D eigenvalue weighted by atomic mass is 32.2. The number of nitrogens with two attached hydrogens (primary N) is 1. The van der Waals surface area contributed by atoms with Crippen molar-refractivity contribution < 1.29 is 26.4 Å². The molecule has 0 atom stereocenters. The number of para-hydroxylation sites is 2. The SMILES string of the molecule is COc1ccccc1NS(=O)(=O)c1cc(C(=O)NCc2ccc(S(N)(=O)=O)cc2)ccc1C. The molecule has 0 unspecified atom stereocenters. The standard InChI is InChI=1S/C22H23N3O6S2/c1-15-7-10-17(22(26)24-14-16-8-11-18(12-9-16)32(23,27)28)13-21(15)33(29,30)25-19-5-3-4-6-20(19)31-2/h3-13,25H,14H2,1-2H3,(H,24,26)(H2,23,27,28). The van der Waals surface area contributed by atoms with Crippen molar-refractivity contribution in [3.8, 4) is 5.75 Å². The normalized spacial score (nSPS) is 11.6. The fourth-order valence-corrected chi connectivity index (χ4v) is 4.90. The molecule has 0 aliphatic heterocycles. The minimum absolute atomic E-state index is 0.0338. The van der Waals surface area contributed by atoms with E-state index in [-0.39, 0.29) is 27.6 Å². The number of primary sulfonamides is 1. The zero-order valence-electron chi connectivity index (χ0n) is 17.9. The number of methoxy groups -OCH3 is 1. The minimum Gasteiger partial charge on any atom is -0.495 e. The average molecular weight is 490 g/mol. The summed E-state index contributed by atoms with van der Waals surface area (Å²) in [7, 11) is -6.36. The molecular weight excluding hydrogens is 466 g/mol. The molecule has 0 fully saturated rings. The van der Waals surface area contributed by atoms with Crippen LogP contribution in [0.2, 0.25) is 0 Å². The van der Waals surface area contributed by atoms with Gasteiger partial charge in [0.15, 0.2) is 0 Å². The maximum atomic E-state index is 13.0. The van der Waals surface area contributed by atoms with Gasteiger partial charge in [0.2, 0.25) is 10.0 Å². The fourth-order valence-electron chi connectivity index (χ4n) is 3.04. The number of carbonyl (C=O) groups is 1. The van der Waals surface area contributed by atoms with E-state index in [2.05, 4.69) is 10.0 Å². The molecule has 3 aromatic carbocycles. The lowest BCUT2D eigenvalue weighted by atomic mass is 10.1. The molecule has 0 saturated carbocycles. The summed E-state index contributed by atoms with van der Waals surface area (Å²) in [6.45, 7) is 1.74. The van der Waals surface area contributed by atoms with Gasteiger partial charge in [-0.15, -0.1) is 0 Å². The first-order chi connectivity index (χ1) is 15.5. The van der Waals surface area contributed by atoms with Crippen LogP contribution in [0.4, 0.5) is 5.69 Å². The van der Waals surface area contributed by atoms with Crippen molar-refractivity contribution in [2.24, 2.45) is 5.14 Å². The monoisotopic (exact) mass is 489 g/mol. The third-order valence-electron chi connectivity index (χ3n) is 4.80. The van der Waals surface area contributed by atoms with E-state index >= 15 is 0 Å². The summed E-state index contributed by atoms with van der Waals surface area (Å²) in [5.74, 6) is -0.125. The molecule has 9 nitrogen and oxygen atoms in total. The first-order valence-corrected chi connectivity index (χ1v) is 12.7. The molecule has 0 aliphatic rings. The maximum absolute atomic E-state index is 13.0. The lowest BCUT2D eigenvalue weighted by molar-refractivity contribution is 0.0950. The molecule has 174 valence electrons. The molecule has 1 amide bonds. The van der Waals surface area contributed by atoms with E-state index in [1.807, 2.05) is 0 Å². The fraction of sp³-hybridized carbons (Fsp3) is 0.136. The van der Waals surface area contributed by atoms with Crippen LogP contribution in [0, 0.1) is 6.92 Å². The van der Waals surface area contributed by atoms with Crippen molar-refractivity contribution in [1.82, 2.24) is 5.32 Å². The molecule has 33 heavy (non-hydrogen) atoms. The third kappa shape index (κ3) is 5.89. The molecular formula is C22H23N3O6S2.